The van der Waals surface area contributed by atoms with E-state index in [-0.39, 0.29) is 18.1 Å². The molecule has 2 rings (SSSR count). The number of ether oxygens (including phenoxy) is 1. The minimum Gasteiger partial charge on any atom is -0.469 e. The number of hydrogen-bond acceptors (Lipinski definition) is 6. The van der Waals surface area contributed by atoms with Gasteiger partial charge in [-0.05, 0) is 12.1 Å². The SMILES string of the molecule is COC(=O)CCN(C)c1ccc([N+](=O)[O-])c2cnccc12. The molecule has 0 amide bonds. The highest BCUT2D eigenvalue weighted by Gasteiger charge is 2.16. The average molecular weight is 289 g/mol. The van der Waals surface area contributed by atoms with Crippen LogP contribution in [0.2, 0.25) is 0 Å². The van der Waals surface area contributed by atoms with Gasteiger partial charge in [0.1, 0.15) is 0 Å². The average Bonchev–Trinajstić information content (AvgIpc) is 2.50. The molecule has 110 valence electrons. The molecule has 0 spiro atoms. The monoisotopic (exact) mass is 289 g/mol. The number of non-ortho nitro benzene ring substituents is 1. The zero-order valence-corrected chi connectivity index (χ0v) is 11.8. The summed E-state index contributed by atoms with van der Waals surface area (Å²) in [6, 6.07) is 4.86. The summed E-state index contributed by atoms with van der Waals surface area (Å²) in [6.07, 6.45) is 3.31. The van der Waals surface area contributed by atoms with E-state index < -0.39 is 4.92 Å². The zero-order valence-electron chi connectivity index (χ0n) is 11.8. The third-order valence-corrected chi connectivity index (χ3v) is 3.26. The summed E-state index contributed by atoms with van der Waals surface area (Å²) in [6.45, 7) is 0.460. The number of esters is 1. The molecule has 21 heavy (non-hydrogen) atoms. The lowest BCUT2D eigenvalue weighted by Gasteiger charge is -2.20. The lowest BCUT2D eigenvalue weighted by atomic mass is 10.1. The maximum absolute atomic E-state index is 11.2. The molecule has 7 nitrogen and oxygen atoms in total. The van der Waals surface area contributed by atoms with Crippen LogP contribution in [0.1, 0.15) is 6.42 Å². The molecule has 0 unspecified atom stereocenters. The van der Waals surface area contributed by atoms with Gasteiger partial charge in [-0.25, -0.2) is 0 Å². The third-order valence-electron chi connectivity index (χ3n) is 3.26. The van der Waals surface area contributed by atoms with Crippen molar-refractivity contribution in [1.82, 2.24) is 4.98 Å². The Morgan fingerprint density at radius 1 is 1.38 bits per heavy atom. The van der Waals surface area contributed by atoms with Gasteiger partial charge >= 0.3 is 5.97 Å². The van der Waals surface area contributed by atoms with Gasteiger partial charge in [-0.15, -0.1) is 0 Å². The predicted molar refractivity (Wildman–Crippen MR) is 78.3 cm³/mol. The van der Waals surface area contributed by atoms with Crippen LogP contribution in [-0.4, -0.2) is 36.6 Å². The standard InChI is InChI=1S/C14H15N3O4/c1-16(8-6-14(18)21-2)12-3-4-13(17(19)20)11-9-15-7-5-10(11)12/h3-5,7,9H,6,8H2,1-2H3. The summed E-state index contributed by atoms with van der Waals surface area (Å²) in [4.78, 5) is 27.6. The molecule has 0 N–H and O–H groups in total. The molecule has 0 aliphatic rings. The van der Waals surface area contributed by atoms with Crippen LogP contribution >= 0.6 is 0 Å². The second-order valence-corrected chi connectivity index (χ2v) is 4.53. The molecule has 0 saturated heterocycles. The third kappa shape index (κ3) is 3.07. The van der Waals surface area contributed by atoms with Crippen LogP contribution < -0.4 is 4.90 Å². The molecular formula is C14H15N3O4. The number of fused-ring (bicyclic) bond motifs is 1. The molecule has 0 saturated carbocycles. The summed E-state index contributed by atoms with van der Waals surface area (Å²) in [5, 5.41) is 12.3. The van der Waals surface area contributed by atoms with E-state index in [0.29, 0.717) is 11.9 Å². The first-order valence-corrected chi connectivity index (χ1v) is 6.33. The van der Waals surface area contributed by atoms with Crippen LogP contribution in [0.5, 0.6) is 0 Å². The molecule has 2 aromatic rings. The molecule has 0 bridgehead atoms. The highest BCUT2D eigenvalue weighted by molar-refractivity contribution is 5.99. The predicted octanol–water partition coefficient (Wildman–Crippen LogP) is 2.14. The van der Waals surface area contributed by atoms with Gasteiger partial charge < -0.3 is 9.64 Å². The van der Waals surface area contributed by atoms with Crippen molar-refractivity contribution in [3.05, 3.63) is 40.7 Å². The van der Waals surface area contributed by atoms with Gasteiger partial charge in [0.2, 0.25) is 0 Å². The van der Waals surface area contributed by atoms with E-state index in [0.717, 1.165) is 11.1 Å². The topological polar surface area (TPSA) is 85.6 Å². The van der Waals surface area contributed by atoms with Crippen molar-refractivity contribution in [3.8, 4) is 0 Å². The van der Waals surface area contributed by atoms with Crippen molar-refractivity contribution in [2.75, 3.05) is 25.6 Å². The summed E-state index contributed by atoms with van der Waals surface area (Å²) in [5.41, 5.74) is 0.824. The zero-order chi connectivity index (χ0) is 15.4. The Bertz CT molecular complexity index is 687. The van der Waals surface area contributed by atoms with E-state index in [2.05, 4.69) is 9.72 Å². The summed E-state index contributed by atoms with van der Waals surface area (Å²) < 4.78 is 4.61. The van der Waals surface area contributed by atoms with Crippen LogP contribution in [-0.2, 0) is 9.53 Å². The largest absolute Gasteiger partial charge is 0.469 e. The van der Waals surface area contributed by atoms with Gasteiger partial charge in [0.25, 0.3) is 5.69 Å². The van der Waals surface area contributed by atoms with Crippen molar-refractivity contribution in [1.29, 1.82) is 0 Å². The minimum absolute atomic E-state index is 0.0169. The Balaban J connectivity index is 2.39. The number of anilines is 1. The van der Waals surface area contributed by atoms with Crippen LogP contribution in [0.4, 0.5) is 11.4 Å². The van der Waals surface area contributed by atoms with Gasteiger partial charge in [-0.3, -0.25) is 19.9 Å². The lowest BCUT2D eigenvalue weighted by molar-refractivity contribution is -0.383. The fourth-order valence-corrected chi connectivity index (χ4v) is 2.13. The first-order chi connectivity index (χ1) is 10.0. The molecule has 0 aliphatic heterocycles. The summed E-state index contributed by atoms with van der Waals surface area (Å²) >= 11 is 0. The summed E-state index contributed by atoms with van der Waals surface area (Å²) in [5.74, 6) is -0.297. The smallest absolute Gasteiger partial charge is 0.307 e. The Kier molecular flexibility index (Phi) is 4.32. The molecule has 0 fully saturated rings. The van der Waals surface area contributed by atoms with Crippen molar-refractivity contribution in [2.45, 2.75) is 6.42 Å². The lowest BCUT2D eigenvalue weighted by Crippen LogP contribution is -2.21. The fraction of sp³-hybridized carbons (Fsp3) is 0.286. The Labute approximate surface area is 121 Å². The first kappa shape index (κ1) is 14.7. The highest BCUT2D eigenvalue weighted by atomic mass is 16.6. The van der Waals surface area contributed by atoms with E-state index in [9.17, 15) is 14.9 Å². The number of nitrogens with zero attached hydrogens (tertiary/aromatic N) is 3. The van der Waals surface area contributed by atoms with Gasteiger partial charge in [0, 0.05) is 43.1 Å². The fourth-order valence-electron chi connectivity index (χ4n) is 2.13. The van der Waals surface area contributed by atoms with Gasteiger partial charge in [0.05, 0.1) is 23.8 Å². The second-order valence-electron chi connectivity index (χ2n) is 4.53. The van der Waals surface area contributed by atoms with E-state index in [4.69, 9.17) is 0 Å². The Morgan fingerprint density at radius 2 is 2.14 bits per heavy atom. The molecule has 1 aromatic heterocycles. The molecule has 7 heteroatoms. The number of carbonyl (C=O) groups is 1. The molecule has 1 heterocycles. The van der Waals surface area contributed by atoms with Crippen LogP contribution in [0.25, 0.3) is 10.8 Å². The van der Waals surface area contributed by atoms with Crippen molar-refractivity contribution in [3.63, 3.8) is 0 Å². The quantitative estimate of drug-likeness (QED) is 0.476. The van der Waals surface area contributed by atoms with E-state index >= 15 is 0 Å². The van der Waals surface area contributed by atoms with Gasteiger partial charge in [-0.2, -0.15) is 0 Å². The van der Waals surface area contributed by atoms with Crippen molar-refractivity contribution in [2.24, 2.45) is 0 Å². The number of nitro groups is 1. The number of methoxy groups -OCH3 is 1. The maximum atomic E-state index is 11.2. The molecule has 0 atom stereocenters. The molecule has 0 aliphatic carbocycles. The van der Waals surface area contributed by atoms with Crippen molar-refractivity contribution >= 4 is 28.1 Å². The van der Waals surface area contributed by atoms with Crippen LogP contribution in [0, 0.1) is 10.1 Å². The Hall–Kier alpha value is -2.70. The van der Waals surface area contributed by atoms with E-state index in [1.807, 2.05) is 11.9 Å². The van der Waals surface area contributed by atoms with Gasteiger partial charge in [0.15, 0.2) is 0 Å². The highest BCUT2D eigenvalue weighted by Crippen LogP contribution is 2.32. The minimum atomic E-state index is -0.428. The number of benzene rings is 1. The number of hydrogen-bond donors (Lipinski definition) is 0. The summed E-state index contributed by atoms with van der Waals surface area (Å²) in [7, 11) is 3.17. The van der Waals surface area contributed by atoms with E-state index in [1.54, 1.807) is 18.3 Å². The molecule has 0 radical (unpaired) electrons. The maximum Gasteiger partial charge on any atom is 0.307 e. The number of nitro benzene ring substituents is 1. The number of carbonyl (C=O) groups excluding carboxylic acids is 1. The van der Waals surface area contributed by atoms with Gasteiger partial charge in [-0.1, -0.05) is 0 Å². The van der Waals surface area contributed by atoms with Crippen LogP contribution in [0.3, 0.4) is 0 Å². The normalized spacial score (nSPS) is 10.4. The van der Waals surface area contributed by atoms with E-state index in [1.165, 1.54) is 19.4 Å². The Morgan fingerprint density at radius 3 is 2.81 bits per heavy atom. The molecular weight excluding hydrogens is 274 g/mol. The first-order valence-electron chi connectivity index (χ1n) is 6.33. The second kappa shape index (κ2) is 6.17. The number of aromatic nitrogens is 1. The number of pyridine rings is 1. The van der Waals surface area contributed by atoms with Crippen molar-refractivity contribution < 1.29 is 14.5 Å². The number of rotatable bonds is 5. The molecule has 1 aromatic carbocycles. The van der Waals surface area contributed by atoms with Crippen LogP contribution in [0.15, 0.2) is 30.6 Å².